The highest BCUT2D eigenvalue weighted by Crippen LogP contribution is 2.29. The standard InChI is InChI=1S/C16H21N3O/c1-10-9-15(20-5)11(2)8-13(10)16(17-4)14-6-7-18-12(3)19-14/h6-9,16-17H,1-5H3. The van der Waals surface area contributed by atoms with Crippen LogP contribution in [-0.2, 0) is 0 Å². The van der Waals surface area contributed by atoms with Crippen LogP contribution in [0.5, 0.6) is 5.75 Å². The zero-order valence-electron chi connectivity index (χ0n) is 12.7. The lowest BCUT2D eigenvalue weighted by molar-refractivity contribution is 0.411. The average Bonchev–Trinajstić information content (AvgIpc) is 2.43. The van der Waals surface area contributed by atoms with Crippen LogP contribution >= 0.6 is 0 Å². The van der Waals surface area contributed by atoms with Crippen molar-refractivity contribution in [3.05, 3.63) is 52.6 Å². The lowest BCUT2D eigenvalue weighted by atomic mass is 9.96. The number of hydrogen-bond acceptors (Lipinski definition) is 4. The Morgan fingerprint density at radius 2 is 1.90 bits per heavy atom. The van der Waals surface area contributed by atoms with E-state index in [1.165, 1.54) is 11.1 Å². The lowest BCUT2D eigenvalue weighted by Crippen LogP contribution is -2.20. The van der Waals surface area contributed by atoms with Gasteiger partial charge in [-0.25, -0.2) is 9.97 Å². The van der Waals surface area contributed by atoms with Crippen molar-refractivity contribution in [2.45, 2.75) is 26.8 Å². The summed E-state index contributed by atoms with van der Waals surface area (Å²) in [5.74, 6) is 1.70. The van der Waals surface area contributed by atoms with Crippen LogP contribution in [-0.4, -0.2) is 24.1 Å². The maximum absolute atomic E-state index is 5.37. The number of aromatic nitrogens is 2. The van der Waals surface area contributed by atoms with Crippen LogP contribution < -0.4 is 10.1 Å². The van der Waals surface area contributed by atoms with E-state index in [2.05, 4.69) is 41.3 Å². The summed E-state index contributed by atoms with van der Waals surface area (Å²) >= 11 is 0. The fourth-order valence-electron chi connectivity index (χ4n) is 2.44. The molecule has 1 heterocycles. The molecule has 1 N–H and O–H groups in total. The van der Waals surface area contributed by atoms with Crippen LogP contribution in [0.25, 0.3) is 0 Å². The van der Waals surface area contributed by atoms with Gasteiger partial charge in [0.1, 0.15) is 11.6 Å². The van der Waals surface area contributed by atoms with E-state index >= 15 is 0 Å². The van der Waals surface area contributed by atoms with Crippen LogP contribution in [0.2, 0.25) is 0 Å². The maximum atomic E-state index is 5.37. The van der Waals surface area contributed by atoms with Crippen molar-refractivity contribution in [1.29, 1.82) is 0 Å². The number of rotatable bonds is 4. The highest BCUT2D eigenvalue weighted by molar-refractivity contribution is 5.44. The SMILES string of the molecule is CNC(c1ccnc(C)n1)c1cc(C)c(OC)cc1C. The molecule has 0 bridgehead atoms. The molecule has 1 unspecified atom stereocenters. The minimum Gasteiger partial charge on any atom is -0.496 e. The molecule has 20 heavy (non-hydrogen) atoms. The Hall–Kier alpha value is -1.94. The Morgan fingerprint density at radius 3 is 2.50 bits per heavy atom. The Labute approximate surface area is 120 Å². The predicted molar refractivity (Wildman–Crippen MR) is 80.1 cm³/mol. The first-order valence-corrected chi connectivity index (χ1v) is 6.68. The van der Waals surface area contributed by atoms with E-state index in [0.29, 0.717) is 0 Å². The summed E-state index contributed by atoms with van der Waals surface area (Å²) in [4.78, 5) is 8.69. The summed E-state index contributed by atoms with van der Waals surface area (Å²) in [5.41, 5.74) is 4.50. The van der Waals surface area contributed by atoms with Crippen molar-refractivity contribution in [3.8, 4) is 5.75 Å². The predicted octanol–water partition coefficient (Wildman–Crippen LogP) is 2.72. The summed E-state index contributed by atoms with van der Waals surface area (Å²) in [5, 5.41) is 3.34. The van der Waals surface area contributed by atoms with E-state index in [9.17, 15) is 0 Å². The maximum Gasteiger partial charge on any atom is 0.125 e. The molecule has 0 saturated carbocycles. The van der Waals surface area contributed by atoms with Gasteiger partial charge in [0.05, 0.1) is 18.8 Å². The molecule has 1 aromatic heterocycles. The molecule has 0 radical (unpaired) electrons. The molecule has 0 amide bonds. The third-order valence-electron chi connectivity index (χ3n) is 3.48. The van der Waals surface area contributed by atoms with E-state index in [1.807, 2.05) is 20.0 Å². The second kappa shape index (κ2) is 6.01. The van der Waals surface area contributed by atoms with Gasteiger partial charge in [-0.2, -0.15) is 0 Å². The van der Waals surface area contributed by atoms with Gasteiger partial charge < -0.3 is 10.1 Å². The van der Waals surface area contributed by atoms with Gasteiger partial charge in [-0.05, 0) is 56.6 Å². The topological polar surface area (TPSA) is 47.0 Å². The van der Waals surface area contributed by atoms with E-state index in [4.69, 9.17) is 4.74 Å². The normalized spacial score (nSPS) is 12.2. The fourth-order valence-corrected chi connectivity index (χ4v) is 2.44. The first-order valence-electron chi connectivity index (χ1n) is 6.68. The fraction of sp³-hybridized carbons (Fsp3) is 0.375. The van der Waals surface area contributed by atoms with Gasteiger partial charge in [-0.3, -0.25) is 0 Å². The van der Waals surface area contributed by atoms with Gasteiger partial charge >= 0.3 is 0 Å². The van der Waals surface area contributed by atoms with Crippen molar-refractivity contribution in [2.24, 2.45) is 0 Å². The second-order valence-corrected chi connectivity index (χ2v) is 4.93. The highest BCUT2D eigenvalue weighted by Gasteiger charge is 2.17. The third-order valence-corrected chi connectivity index (χ3v) is 3.48. The first-order chi connectivity index (χ1) is 9.56. The summed E-state index contributed by atoms with van der Waals surface area (Å²) in [7, 11) is 3.64. The number of nitrogens with zero attached hydrogens (tertiary/aromatic N) is 2. The van der Waals surface area contributed by atoms with Gasteiger partial charge in [-0.1, -0.05) is 6.07 Å². The molecule has 4 nitrogen and oxygen atoms in total. The van der Waals surface area contributed by atoms with Gasteiger partial charge in [-0.15, -0.1) is 0 Å². The molecular weight excluding hydrogens is 250 g/mol. The minimum absolute atomic E-state index is 0.0568. The summed E-state index contributed by atoms with van der Waals surface area (Å²) in [6, 6.07) is 6.24. The van der Waals surface area contributed by atoms with Crippen molar-refractivity contribution in [2.75, 3.05) is 14.2 Å². The molecule has 0 aliphatic carbocycles. The van der Waals surface area contributed by atoms with E-state index in [-0.39, 0.29) is 6.04 Å². The molecule has 2 aromatic rings. The molecular formula is C16H21N3O. The summed E-state index contributed by atoms with van der Waals surface area (Å²) < 4.78 is 5.37. The highest BCUT2D eigenvalue weighted by atomic mass is 16.5. The van der Waals surface area contributed by atoms with Crippen molar-refractivity contribution in [1.82, 2.24) is 15.3 Å². The van der Waals surface area contributed by atoms with Crippen LogP contribution in [0.1, 0.15) is 34.3 Å². The molecule has 0 fully saturated rings. The van der Waals surface area contributed by atoms with Gasteiger partial charge in [0.15, 0.2) is 0 Å². The minimum atomic E-state index is 0.0568. The van der Waals surface area contributed by atoms with E-state index in [0.717, 1.165) is 22.8 Å². The van der Waals surface area contributed by atoms with Gasteiger partial charge in [0.2, 0.25) is 0 Å². The smallest absolute Gasteiger partial charge is 0.125 e. The summed E-state index contributed by atoms with van der Waals surface area (Å²) in [6.07, 6.45) is 1.80. The number of aryl methyl sites for hydroxylation is 3. The lowest BCUT2D eigenvalue weighted by Gasteiger charge is -2.20. The van der Waals surface area contributed by atoms with Crippen LogP contribution in [0.3, 0.4) is 0 Å². The van der Waals surface area contributed by atoms with Crippen LogP contribution in [0, 0.1) is 20.8 Å². The Kier molecular flexibility index (Phi) is 4.35. The van der Waals surface area contributed by atoms with E-state index in [1.54, 1.807) is 13.3 Å². The number of nitrogens with one attached hydrogen (secondary N) is 1. The zero-order chi connectivity index (χ0) is 14.7. The van der Waals surface area contributed by atoms with Crippen molar-refractivity contribution >= 4 is 0 Å². The average molecular weight is 271 g/mol. The molecule has 0 aliphatic heterocycles. The number of methoxy groups -OCH3 is 1. The Bertz CT molecular complexity index is 611. The van der Waals surface area contributed by atoms with Gasteiger partial charge in [0, 0.05) is 6.20 Å². The molecule has 2 rings (SSSR count). The largest absolute Gasteiger partial charge is 0.496 e. The van der Waals surface area contributed by atoms with Crippen LogP contribution in [0.4, 0.5) is 0 Å². The first kappa shape index (κ1) is 14.5. The quantitative estimate of drug-likeness (QED) is 0.929. The molecule has 0 aliphatic rings. The Morgan fingerprint density at radius 1 is 1.15 bits per heavy atom. The third kappa shape index (κ3) is 2.80. The van der Waals surface area contributed by atoms with Gasteiger partial charge in [0.25, 0.3) is 0 Å². The molecule has 4 heteroatoms. The molecule has 1 atom stereocenters. The molecule has 106 valence electrons. The Balaban J connectivity index is 2.49. The molecule has 0 saturated heterocycles. The summed E-state index contributed by atoms with van der Waals surface area (Å²) in [6.45, 7) is 6.05. The van der Waals surface area contributed by atoms with E-state index < -0.39 is 0 Å². The number of ether oxygens (including phenoxy) is 1. The van der Waals surface area contributed by atoms with Crippen molar-refractivity contribution < 1.29 is 4.74 Å². The number of hydrogen-bond donors (Lipinski definition) is 1. The molecule has 0 spiro atoms. The number of benzene rings is 1. The molecule has 1 aromatic carbocycles. The zero-order valence-corrected chi connectivity index (χ0v) is 12.7. The monoisotopic (exact) mass is 271 g/mol. The second-order valence-electron chi connectivity index (χ2n) is 4.93. The van der Waals surface area contributed by atoms with Crippen molar-refractivity contribution in [3.63, 3.8) is 0 Å². The van der Waals surface area contributed by atoms with Crippen LogP contribution in [0.15, 0.2) is 24.4 Å².